The lowest BCUT2D eigenvalue weighted by atomic mass is 10.2. The topological polar surface area (TPSA) is 88.4 Å². The molecule has 2 heterocycles. The number of nitrogens with zero attached hydrogens (tertiary/aromatic N) is 2. The number of amides is 1. The summed E-state index contributed by atoms with van der Waals surface area (Å²) >= 11 is 1.28. The van der Waals surface area contributed by atoms with Crippen molar-refractivity contribution in [2.24, 2.45) is 4.99 Å². The monoisotopic (exact) mass is 414 g/mol. The number of methoxy groups -OCH3 is 2. The van der Waals surface area contributed by atoms with Crippen molar-refractivity contribution in [3.8, 4) is 17.2 Å². The molecular formula is C20H18N2O6S. The molecule has 1 aliphatic rings. The summed E-state index contributed by atoms with van der Waals surface area (Å²) in [6.07, 6.45) is 0. The van der Waals surface area contributed by atoms with Crippen LogP contribution in [0.3, 0.4) is 0 Å². The first-order valence-corrected chi connectivity index (χ1v) is 9.63. The van der Waals surface area contributed by atoms with E-state index < -0.39 is 11.9 Å². The highest BCUT2D eigenvalue weighted by Crippen LogP contribution is 2.35. The van der Waals surface area contributed by atoms with Crippen LogP contribution in [-0.4, -0.2) is 43.9 Å². The number of ether oxygens (including phenoxy) is 4. The van der Waals surface area contributed by atoms with Crippen LogP contribution in [0.15, 0.2) is 41.4 Å². The van der Waals surface area contributed by atoms with Gasteiger partial charge in [0.15, 0.2) is 16.3 Å². The van der Waals surface area contributed by atoms with Crippen LogP contribution in [0.25, 0.3) is 10.2 Å². The number of carbonyl (C=O) groups excluding carboxylic acids is 2. The molecule has 9 heteroatoms. The Bertz CT molecular complexity index is 1160. The van der Waals surface area contributed by atoms with E-state index in [9.17, 15) is 9.59 Å². The standard InChI is InChI=1S/C20H18N2O6S/c1-25-13-5-3-4-12(8-13)19(24)21-20-22(11-18(23)26-2)14-9-15-16(10-17(14)29-20)28-7-6-27-15/h3-5,8-10H,6-7,11H2,1-2H3. The molecule has 3 aromatic rings. The number of fused-ring (bicyclic) bond motifs is 2. The second-order valence-corrected chi connectivity index (χ2v) is 7.17. The van der Waals surface area contributed by atoms with E-state index in [-0.39, 0.29) is 6.54 Å². The maximum absolute atomic E-state index is 12.7. The van der Waals surface area contributed by atoms with Gasteiger partial charge in [-0.1, -0.05) is 17.4 Å². The minimum Gasteiger partial charge on any atom is -0.497 e. The first-order valence-electron chi connectivity index (χ1n) is 8.82. The molecule has 2 aromatic carbocycles. The number of carbonyl (C=O) groups is 2. The van der Waals surface area contributed by atoms with Gasteiger partial charge in [0.05, 0.1) is 24.4 Å². The SMILES string of the molecule is COC(=O)Cn1c(=NC(=O)c2cccc(OC)c2)sc2cc3c(cc21)OCCO3. The lowest BCUT2D eigenvalue weighted by Crippen LogP contribution is -2.22. The summed E-state index contributed by atoms with van der Waals surface area (Å²) in [5, 5.41) is 0. The first-order chi connectivity index (χ1) is 14.1. The van der Waals surface area contributed by atoms with Crippen molar-refractivity contribution in [2.75, 3.05) is 27.4 Å². The van der Waals surface area contributed by atoms with Crippen molar-refractivity contribution in [3.63, 3.8) is 0 Å². The molecule has 0 saturated heterocycles. The number of thiazole rings is 1. The van der Waals surface area contributed by atoms with Crippen LogP contribution in [0.2, 0.25) is 0 Å². The third kappa shape index (κ3) is 3.81. The van der Waals surface area contributed by atoms with Crippen LogP contribution in [-0.2, 0) is 16.1 Å². The van der Waals surface area contributed by atoms with Crippen molar-refractivity contribution < 1.29 is 28.5 Å². The summed E-state index contributed by atoms with van der Waals surface area (Å²) in [5.74, 6) is 0.889. The van der Waals surface area contributed by atoms with Gasteiger partial charge in [-0.2, -0.15) is 4.99 Å². The van der Waals surface area contributed by atoms with Gasteiger partial charge in [0.25, 0.3) is 5.91 Å². The van der Waals surface area contributed by atoms with Gasteiger partial charge in [0.2, 0.25) is 0 Å². The Balaban J connectivity index is 1.85. The Morgan fingerprint density at radius 3 is 2.62 bits per heavy atom. The lowest BCUT2D eigenvalue weighted by molar-refractivity contribution is -0.141. The molecule has 0 atom stereocenters. The third-order valence-electron chi connectivity index (χ3n) is 4.38. The average molecular weight is 414 g/mol. The molecule has 8 nitrogen and oxygen atoms in total. The van der Waals surface area contributed by atoms with E-state index in [0.29, 0.717) is 46.3 Å². The summed E-state index contributed by atoms with van der Waals surface area (Å²) in [6.45, 7) is 0.836. The minimum atomic E-state index is -0.449. The molecule has 1 aromatic heterocycles. The van der Waals surface area contributed by atoms with Crippen LogP contribution < -0.4 is 19.0 Å². The average Bonchev–Trinajstić information content (AvgIpc) is 3.07. The van der Waals surface area contributed by atoms with E-state index in [1.165, 1.54) is 25.6 Å². The Morgan fingerprint density at radius 1 is 1.14 bits per heavy atom. The second-order valence-electron chi connectivity index (χ2n) is 6.16. The highest BCUT2D eigenvalue weighted by atomic mass is 32.1. The molecule has 0 fully saturated rings. The van der Waals surface area contributed by atoms with E-state index in [1.807, 2.05) is 6.07 Å². The zero-order chi connectivity index (χ0) is 20.4. The molecular weight excluding hydrogens is 396 g/mol. The maximum atomic E-state index is 12.7. The summed E-state index contributed by atoms with van der Waals surface area (Å²) in [7, 11) is 2.84. The molecule has 1 amide bonds. The molecule has 150 valence electrons. The molecule has 0 aliphatic carbocycles. The minimum absolute atomic E-state index is 0.0830. The van der Waals surface area contributed by atoms with Crippen molar-refractivity contribution in [1.82, 2.24) is 4.57 Å². The predicted octanol–water partition coefficient (Wildman–Crippen LogP) is 2.40. The van der Waals surface area contributed by atoms with Gasteiger partial charge in [-0.3, -0.25) is 9.59 Å². The lowest BCUT2D eigenvalue weighted by Gasteiger charge is -2.18. The second kappa shape index (κ2) is 7.96. The highest BCUT2D eigenvalue weighted by Gasteiger charge is 2.18. The van der Waals surface area contributed by atoms with E-state index in [4.69, 9.17) is 18.9 Å². The first kappa shape index (κ1) is 19.0. The molecule has 0 saturated carbocycles. The number of esters is 1. The molecule has 0 unspecified atom stereocenters. The smallest absolute Gasteiger partial charge is 0.325 e. The van der Waals surface area contributed by atoms with Crippen molar-refractivity contribution in [2.45, 2.75) is 6.54 Å². The van der Waals surface area contributed by atoms with Crippen LogP contribution in [0.5, 0.6) is 17.2 Å². The van der Waals surface area contributed by atoms with Gasteiger partial charge in [-0.25, -0.2) is 0 Å². The molecule has 0 radical (unpaired) electrons. The van der Waals surface area contributed by atoms with Crippen molar-refractivity contribution >= 4 is 33.4 Å². The van der Waals surface area contributed by atoms with E-state index >= 15 is 0 Å². The number of hydrogen-bond acceptors (Lipinski definition) is 7. The largest absolute Gasteiger partial charge is 0.497 e. The Labute approximate surface area is 169 Å². The van der Waals surface area contributed by atoms with Gasteiger partial charge < -0.3 is 23.5 Å². The zero-order valence-electron chi connectivity index (χ0n) is 15.8. The fraction of sp³-hybridized carbons (Fsp3) is 0.250. The third-order valence-corrected chi connectivity index (χ3v) is 5.42. The van der Waals surface area contributed by atoms with E-state index in [2.05, 4.69) is 4.99 Å². The van der Waals surface area contributed by atoms with Crippen LogP contribution >= 0.6 is 11.3 Å². The predicted molar refractivity (Wildman–Crippen MR) is 106 cm³/mol. The van der Waals surface area contributed by atoms with Gasteiger partial charge >= 0.3 is 5.97 Å². The number of benzene rings is 2. The van der Waals surface area contributed by atoms with Gasteiger partial charge in [0, 0.05) is 17.7 Å². The fourth-order valence-corrected chi connectivity index (χ4v) is 3.98. The number of rotatable bonds is 4. The molecule has 1 aliphatic heterocycles. The van der Waals surface area contributed by atoms with Crippen molar-refractivity contribution in [3.05, 3.63) is 46.8 Å². The molecule has 0 spiro atoms. The van der Waals surface area contributed by atoms with Gasteiger partial charge in [0.1, 0.15) is 25.5 Å². The Morgan fingerprint density at radius 2 is 1.90 bits per heavy atom. The van der Waals surface area contributed by atoms with Crippen LogP contribution in [0.1, 0.15) is 10.4 Å². The van der Waals surface area contributed by atoms with Crippen LogP contribution in [0.4, 0.5) is 0 Å². The van der Waals surface area contributed by atoms with Gasteiger partial charge in [-0.15, -0.1) is 0 Å². The summed E-state index contributed by atoms with van der Waals surface area (Å²) in [4.78, 5) is 29.3. The number of aromatic nitrogens is 1. The highest BCUT2D eigenvalue weighted by molar-refractivity contribution is 7.16. The van der Waals surface area contributed by atoms with Crippen molar-refractivity contribution in [1.29, 1.82) is 0 Å². The summed E-state index contributed by atoms with van der Waals surface area (Å²) in [6, 6.07) is 10.4. The van der Waals surface area contributed by atoms with E-state index in [0.717, 1.165) is 4.70 Å². The molecule has 29 heavy (non-hydrogen) atoms. The molecule has 4 rings (SSSR count). The van der Waals surface area contributed by atoms with Crippen LogP contribution in [0, 0.1) is 0 Å². The quantitative estimate of drug-likeness (QED) is 0.609. The Kier molecular flexibility index (Phi) is 5.22. The van der Waals surface area contributed by atoms with Gasteiger partial charge in [-0.05, 0) is 18.2 Å². The fourth-order valence-electron chi connectivity index (χ4n) is 2.95. The molecule has 0 N–H and O–H groups in total. The Hall–Kier alpha value is -3.33. The summed E-state index contributed by atoms with van der Waals surface area (Å²) in [5.41, 5.74) is 1.10. The zero-order valence-corrected chi connectivity index (χ0v) is 16.7. The maximum Gasteiger partial charge on any atom is 0.325 e. The summed E-state index contributed by atoms with van der Waals surface area (Å²) < 4.78 is 23.7. The normalized spacial score (nSPS) is 13.4. The number of hydrogen-bond donors (Lipinski definition) is 0. The molecule has 0 bridgehead atoms. The van der Waals surface area contributed by atoms with E-state index in [1.54, 1.807) is 34.9 Å².